The molecule has 0 aliphatic rings. The summed E-state index contributed by atoms with van der Waals surface area (Å²) in [5, 5.41) is 20.8. The number of hydrogen-bond acceptors (Lipinski definition) is 14. The van der Waals surface area contributed by atoms with Gasteiger partial charge in [-0.3, -0.25) is 32.5 Å². The number of phosphoric acid groups is 2. The molecule has 0 heterocycles. The second-order valence-corrected chi connectivity index (χ2v) is 37.1. The summed E-state index contributed by atoms with van der Waals surface area (Å²) in [5.41, 5.74) is 0. The Bertz CT molecular complexity index is 3130. The fraction of sp³-hybridized carbons (Fsp3) is 0.685. The first-order chi connectivity index (χ1) is 63.2. The van der Waals surface area contributed by atoms with Gasteiger partial charge in [0.1, 0.15) is 25.4 Å². The van der Waals surface area contributed by atoms with Crippen molar-refractivity contribution in [1.82, 2.24) is 0 Å². The number of ether oxygens (including phenoxy) is 3. The van der Waals surface area contributed by atoms with Crippen molar-refractivity contribution in [1.29, 1.82) is 0 Å². The Labute approximate surface area is 788 Å². The summed E-state index contributed by atoms with van der Waals surface area (Å²) in [6.45, 7) is 2.47. The van der Waals surface area contributed by atoms with Crippen molar-refractivity contribution in [3.8, 4) is 0 Å². The highest BCUT2D eigenvalue weighted by molar-refractivity contribution is 7.47. The van der Waals surface area contributed by atoms with Crippen LogP contribution in [-0.2, 0) is 55.8 Å². The molecule has 0 fully saturated rings. The molecule has 0 rings (SSSR count). The van der Waals surface area contributed by atoms with E-state index in [2.05, 4.69) is 215 Å². The molecule has 0 spiro atoms. The number of rotatable bonds is 97. The Hall–Kier alpha value is -5.61. The van der Waals surface area contributed by atoms with Gasteiger partial charge in [-0.15, -0.1) is 0 Å². The summed E-state index contributed by atoms with van der Waals surface area (Å²) in [7, 11) is -9.83. The van der Waals surface area contributed by atoms with Gasteiger partial charge in [-0.2, -0.15) is 0 Å². The first-order valence-electron chi connectivity index (χ1n) is 51.7. The Morgan fingerprint density at radius 1 is 0.225 bits per heavy atom. The summed E-state index contributed by atoms with van der Waals surface area (Å²) in [6, 6.07) is 0. The van der Waals surface area contributed by atoms with Crippen molar-refractivity contribution >= 4 is 33.6 Å². The SMILES string of the molecule is CC/C=C\C/C=C\C/C=C\C/C=C\C/C=C\C/C=C\CCCCCCCCCCCCCCCCCCC(=O)OCC(O)COP(=O)(O)OCC(O)COP(=O)(O)OCC(COC(=O)CCCCCCCCCCCCCCCCCCC/C=C\C/C=C\C/C=C\C/C=C\CCCCC)OC(=O)CCCCCCCC/C=C\C/C=C\C/C=C\C/C=C\C/C=C\C/C=C\CC. The van der Waals surface area contributed by atoms with E-state index in [0.717, 1.165) is 173 Å². The molecule has 0 aliphatic heterocycles. The molecule has 0 aromatic carbocycles. The van der Waals surface area contributed by atoms with E-state index in [-0.39, 0.29) is 19.3 Å². The molecule has 0 aromatic heterocycles. The van der Waals surface area contributed by atoms with Gasteiger partial charge in [0.25, 0.3) is 0 Å². The minimum absolute atomic E-state index is 0.0831. The van der Waals surface area contributed by atoms with Gasteiger partial charge in [-0.1, -0.05) is 440 Å². The molecule has 129 heavy (non-hydrogen) atoms. The summed E-state index contributed by atoms with van der Waals surface area (Å²) in [5.74, 6) is -1.58. The number of aliphatic hydroxyl groups is 2. The van der Waals surface area contributed by atoms with E-state index in [0.29, 0.717) is 19.3 Å². The summed E-state index contributed by atoms with van der Waals surface area (Å²) in [6.07, 6.45) is 136. The lowest BCUT2D eigenvalue weighted by molar-refractivity contribution is -0.161. The van der Waals surface area contributed by atoms with Crippen LogP contribution in [0, 0.1) is 0 Å². The maximum atomic E-state index is 13.1. The van der Waals surface area contributed by atoms with E-state index in [1.165, 1.54) is 199 Å². The molecule has 18 heteroatoms. The highest BCUT2D eigenvalue weighted by Crippen LogP contribution is 2.45. The molecule has 0 aromatic rings. The monoisotopic (exact) mass is 1840 g/mol. The predicted octanol–water partition coefficient (Wildman–Crippen LogP) is 32.9. The first-order valence-corrected chi connectivity index (χ1v) is 54.7. The topological polar surface area (TPSA) is 231 Å². The van der Waals surface area contributed by atoms with E-state index in [4.69, 9.17) is 32.3 Å². The number of aliphatic hydroxyl groups excluding tert-OH is 2. The van der Waals surface area contributed by atoms with Gasteiger partial charge in [0.15, 0.2) is 6.10 Å². The molecular weight excluding hydrogens is 1650 g/mol. The Kier molecular flexibility index (Phi) is 97.0. The fourth-order valence-corrected chi connectivity index (χ4v) is 15.6. The minimum Gasteiger partial charge on any atom is -0.463 e. The normalized spacial score (nSPS) is 14.4. The van der Waals surface area contributed by atoms with E-state index < -0.39 is 91.5 Å². The number of esters is 3. The zero-order valence-electron chi connectivity index (χ0n) is 81.8. The van der Waals surface area contributed by atoms with Crippen LogP contribution in [0.2, 0.25) is 0 Å². The lowest BCUT2D eigenvalue weighted by atomic mass is 10.0. The third-order valence-electron chi connectivity index (χ3n) is 21.8. The van der Waals surface area contributed by atoms with Crippen LogP contribution in [0.5, 0.6) is 0 Å². The molecule has 738 valence electrons. The number of carbonyl (C=O) groups is 3. The van der Waals surface area contributed by atoms with E-state index in [9.17, 15) is 43.5 Å². The quantitative estimate of drug-likeness (QED) is 0.0146. The standard InChI is InChI=1S/C111H188O16P2/c1-4-7-10-13-16-19-22-25-28-31-34-37-40-43-45-47-49-51-52-54-56-57-59-62-64-67-70-73-76-79-82-85-88-91-94-97-109(114)121-100-106(112)101-123-128(117,118)124-102-107(113)103-125-129(119,120)126-105-108(127-111(116)99-96-93-90-87-84-81-78-75-72-69-66-61-42-39-36-33-30-27-24-21-18-15-12-9-6-3)104-122-110(115)98-95-92-89-86-83-80-77-74-71-68-65-63-60-58-55-53-50-48-46-44-41-38-35-32-29-26-23-20-17-14-11-8-5-2/h7,9-10,12,16-21,25-30,34-39,43-46,49,51,61,66,72,75,106-108,112-113H,4-6,8,11,13-15,22-24,31-33,40-42,47-48,50,52-60,62-65,67-71,73-74,76-105H2,1-3H3,(H,117,118)(H,119,120)/b10-7-,12-9-,19-16-,20-17-,21-18-,28-25-,29-26-,30-27-,37-34-,38-35-,39-36-,45-43-,46-44-,51-49-,66-61-,75-72-. The second-order valence-electron chi connectivity index (χ2n) is 34.2. The fourth-order valence-electron chi connectivity index (χ4n) is 14.0. The molecular formula is C111H188O16P2. The zero-order chi connectivity index (χ0) is 93.5. The molecule has 0 saturated heterocycles. The second kappa shape index (κ2) is 101. The average molecular weight is 1840 g/mol. The van der Waals surface area contributed by atoms with Gasteiger partial charge in [0.2, 0.25) is 0 Å². The molecule has 0 radical (unpaired) electrons. The number of hydrogen-bond donors (Lipinski definition) is 4. The Morgan fingerprint density at radius 2 is 0.411 bits per heavy atom. The van der Waals surface area contributed by atoms with Crippen molar-refractivity contribution in [3.63, 3.8) is 0 Å². The summed E-state index contributed by atoms with van der Waals surface area (Å²) >= 11 is 0. The van der Waals surface area contributed by atoms with E-state index >= 15 is 0 Å². The highest BCUT2D eigenvalue weighted by atomic mass is 31.2. The van der Waals surface area contributed by atoms with Crippen LogP contribution in [0.25, 0.3) is 0 Å². The van der Waals surface area contributed by atoms with Crippen LogP contribution in [0.1, 0.15) is 432 Å². The predicted molar refractivity (Wildman–Crippen MR) is 546 cm³/mol. The number of carbonyl (C=O) groups excluding carboxylic acids is 3. The molecule has 5 atom stereocenters. The Balaban J connectivity index is 4.59. The van der Waals surface area contributed by atoms with E-state index in [1.807, 2.05) is 0 Å². The molecule has 0 bridgehead atoms. The van der Waals surface area contributed by atoms with Crippen LogP contribution in [-0.4, -0.2) is 95.9 Å². The van der Waals surface area contributed by atoms with Gasteiger partial charge in [-0.25, -0.2) is 9.13 Å². The van der Waals surface area contributed by atoms with Gasteiger partial charge < -0.3 is 34.2 Å². The zero-order valence-corrected chi connectivity index (χ0v) is 83.6. The van der Waals surface area contributed by atoms with Crippen LogP contribution < -0.4 is 0 Å². The van der Waals surface area contributed by atoms with Crippen molar-refractivity contribution in [2.24, 2.45) is 0 Å². The first kappa shape index (κ1) is 123. The maximum absolute atomic E-state index is 13.1. The summed E-state index contributed by atoms with van der Waals surface area (Å²) < 4.78 is 61.7. The maximum Gasteiger partial charge on any atom is 0.472 e. The molecule has 0 amide bonds. The smallest absolute Gasteiger partial charge is 0.463 e. The lowest BCUT2D eigenvalue weighted by Crippen LogP contribution is -2.30. The average Bonchev–Trinajstić information content (AvgIpc) is 0.895. The Morgan fingerprint density at radius 3 is 0.651 bits per heavy atom. The van der Waals surface area contributed by atoms with Crippen molar-refractivity contribution < 1.29 is 75.8 Å². The minimum atomic E-state index is -4.95. The van der Waals surface area contributed by atoms with Crippen LogP contribution in [0.15, 0.2) is 194 Å². The third-order valence-corrected chi connectivity index (χ3v) is 23.7. The molecule has 0 saturated carbocycles. The van der Waals surface area contributed by atoms with Crippen LogP contribution >= 0.6 is 15.6 Å². The van der Waals surface area contributed by atoms with Crippen molar-refractivity contribution in [3.05, 3.63) is 194 Å². The van der Waals surface area contributed by atoms with Gasteiger partial charge in [-0.05, 0) is 167 Å². The largest absolute Gasteiger partial charge is 0.472 e. The molecule has 16 nitrogen and oxygen atoms in total. The van der Waals surface area contributed by atoms with E-state index in [1.54, 1.807) is 0 Å². The highest BCUT2D eigenvalue weighted by Gasteiger charge is 2.30. The molecule has 0 aliphatic carbocycles. The number of allylic oxidation sites excluding steroid dienone is 32. The van der Waals surface area contributed by atoms with Crippen molar-refractivity contribution in [2.45, 2.75) is 450 Å². The van der Waals surface area contributed by atoms with Crippen LogP contribution in [0.3, 0.4) is 0 Å². The van der Waals surface area contributed by atoms with Gasteiger partial charge >= 0.3 is 33.6 Å². The lowest BCUT2D eigenvalue weighted by Gasteiger charge is -2.21. The van der Waals surface area contributed by atoms with Gasteiger partial charge in [0, 0.05) is 19.3 Å². The van der Waals surface area contributed by atoms with Gasteiger partial charge in [0.05, 0.1) is 26.4 Å². The molecule has 5 unspecified atom stereocenters. The molecule has 4 N–H and O–H groups in total. The van der Waals surface area contributed by atoms with Crippen molar-refractivity contribution in [2.75, 3.05) is 39.6 Å². The number of unbranched alkanes of at least 4 members (excludes halogenated alkanes) is 42. The number of phosphoric ester groups is 2. The van der Waals surface area contributed by atoms with Crippen LogP contribution in [0.4, 0.5) is 0 Å². The third kappa shape index (κ3) is 103. The summed E-state index contributed by atoms with van der Waals surface area (Å²) in [4.78, 5) is 59.2.